The smallest absolute Gasteiger partial charge is 0.322 e. The van der Waals surface area contributed by atoms with Gasteiger partial charge in [0.2, 0.25) is 0 Å². The minimum absolute atomic E-state index is 0.108. The lowest BCUT2D eigenvalue weighted by atomic mass is 10.3. The average Bonchev–Trinajstić information content (AvgIpc) is 2.81. The normalized spacial score (nSPS) is 17.5. The van der Waals surface area contributed by atoms with Crippen molar-refractivity contribution < 1.29 is 9.53 Å². The summed E-state index contributed by atoms with van der Waals surface area (Å²) in [6.45, 7) is 9.24. The Balaban J connectivity index is 1.30. The van der Waals surface area contributed by atoms with Crippen LogP contribution in [0.25, 0.3) is 0 Å². The van der Waals surface area contributed by atoms with Gasteiger partial charge in [-0.25, -0.2) is 4.79 Å². The van der Waals surface area contributed by atoms with Gasteiger partial charge in [0.05, 0.1) is 12.3 Å². The number of carbonyl (C=O) groups is 1. The van der Waals surface area contributed by atoms with Gasteiger partial charge in [-0.15, -0.1) is 10.2 Å². The van der Waals surface area contributed by atoms with Gasteiger partial charge in [0.25, 0.3) is 0 Å². The van der Waals surface area contributed by atoms with Gasteiger partial charge >= 0.3 is 6.03 Å². The topological polar surface area (TPSA) is 77.1 Å². The molecule has 9 nitrogen and oxygen atoms in total. The summed E-state index contributed by atoms with van der Waals surface area (Å²) in [6, 6.07) is 11.5. The van der Waals surface area contributed by atoms with Crippen LogP contribution < -0.4 is 19.9 Å². The van der Waals surface area contributed by atoms with Crippen LogP contribution in [0.5, 0.6) is 5.75 Å². The molecule has 2 fully saturated rings. The predicted molar refractivity (Wildman–Crippen MR) is 122 cm³/mol. The first-order valence-electron chi connectivity index (χ1n) is 10.9. The number of aromatic nitrogens is 2. The molecule has 31 heavy (non-hydrogen) atoms. The highest BCUT2D eigenvalue weighted by Crippen LogP contribution is 2.24. The Morgan fingerprint density at radius 1 is 0.903 bits per heavy atom. The Morgan fingerprint density at radius 3 is 2.06 bits per heavy atom. The fraction of sp³-hybridized carbons (Fsp3) is 0.500. The largest absolute Gasteiger partial charge is 0.492 e. The SMILES string of the molecule is CCOc1ccccc1NC(=O)N1CCN(c2ccc(N3CCN(C)CC3)nn2)CC1. The Morgan fingerprint density at radius 2 is 1.48 bits per heavy atom. The van der Waals surface area contributed by atoms with Gasteiger partial charge in [0.15, 0.2) is 11.6 Å². The van der Waals surface area contributed by atoms with E-state index in [1.165, 1.54) is 0 Å². The summed E-state index contributed by atoms with van der Waals surface area (Å²) in [7, 11) is 2.14. The molecular weight excluding hydrogens is 394 g/mol. The van der Waals surface area contributed by atoms with Crippen LogP contribution >= 0.6 is 0 Å². The van der Waals surface area contributed by atoms with Crippen molar-refractivity contribution in [1.29, 1.82) is 0 Å². The minimum atomic E-state index is -0.108. The van der Waals surface area contributed by atoms with Crippen molar-refractivity contribution in [2.24, 2.45) is 0 Å². The van der Waals surface area contributed by atoms with Crippen molar-refractivity contribution in [3.8, 4) is 5.75 Å². The first-order valence-corrected chi connectivity index (χ1v) is 10.9. The quantitative estimate of drug-likeness (QED) is 0.785. The van der Waals surface area contributed by atoms with E-state index in [-0.39, 0.29) is 6.03 Å². The molecule has 0 unspecified atom stereocenters. The van der Waals surface area contributed by atoms with Crippen LogP contribution in [0.1, 0.15) is 6.92 Å². The van der Waals surface area contributed by atoms with Crippen LogP contribution in [0, 0.1) is 0 Å². The van der Waals surface area contributed by atoms with Crippen LogP contribution in [0.15, 0.2) is 36.4 Å². The number of rotatable bonds is 5. The third kappa shape index (κ3) is 5.16. The number of hydrogen-bond donors (Lipinski definition) is 1. The molecule has 0 saturated carbocycles. The number of anilines is 3. The number of hydrogen-bond acceptors (Lipinski definition) is 7. The van der Waals surface area contributed by atoms with Crippen molar-refractivity contribution in [3.63, 3.8) is 0 Å². The molecule has 0 bridgehead atoms. The van der Waals surface area contributed by atoms with E-state index < -0.39 is 0 Å². The molecule has 1 aromatic carbocycles. The molecule has 1 N–H and O–H groups in total. The Hall–Kier alpha value is -3.07. The van der Waals surface area contributed by atoms with Crippen LogP contribution in [0.3, 0.4) is 0 Å². The van der Waals surface area contributed by atoms with E-state index in [4.69, 9.17) is 4.74 Å². The van der Waals surface area contributed by atoms with Gasteiger partial charge in [-0.3, -0.25) is 0 Å². The zero-order chi connectivity index (χ0) is 21.6. The Labute approximate surface area is 183 Å². The van der Waals surface area contributed by atoms with E-state index in [1.807, 2.05) is 42.2 Å². The van der Waals surface area contributed by atoms with Crippen LogP contribution in [-0.4, -0.2) is 92.0 Å². The number of nitrogens with one attached hydrogen (secondary N) is 1. The number of urea groups is 1. The Bertz CT molecular complexity index is 860. The maximum atomic E-state index is 12.7. The van der Waals surface area contributed by atoms with Crippen LogP contribution in [0.4, 0.5) is 22.1 Å². The molecule has 166 valence electrons. The second-order valence-corrected chi connectivity index (χ2v) is 7.87. The molecule has 0 aliphatic carbocycles. The number of ether oxygens (including phenoxy) is 1. The third-order valence-electron chi connectivity index (χ3n) is 5.78. The van der Waals surface area contributed by atoms with E-state index in [9.17, 15) is 4.79 Å². The highest BCUT2D eigenvalue weighted by molar-refractivity contribution is 5.91. The van der Waals surface area contributed by atoms with E-state index in [2.05, 4.69) is 43.3 Å². The molecule has 0 spiro atoms. The summed E-state index contributed by atoms with van der Waals surface area (Å²) in [5.41, 5.74) is 0.696. The number of amides is 2. The molecule has 1 aromatic heterocycles. The lowest BCUT2D eigenvalue weighted by Crippen LogP contribution is -2.50. The zero-order valence-corrected chi connectivity index (χ0v) is 18.3. The third-order valence-corrected chi connectivity index (χ3v) is 5.78. The first-order chi connectivity index (χ1) is 15.1. The summed E-state index contributed by atoms with van der Waals surface area (Å²) in [6.07, 6.45) is 0. The molecular formula is C22H31N7O2. The summed E-state index contributed by atoms with van der Waals surface area (Å²) in [5, 5.41) is 11.9. The lowest BCUT2D eigenvalue weighted by molar-refractivity contribution is 0.208. The summed E-state index contributed by atoms with van der Waals surface area (Å²) < 4.78 is 5.60. The van der Waals surface area contributed by atoms with E-state index >= 15 is 0 Å². The average molecular weight is 426 g/mol. The molecule has 2 aliphatic rings. The molecule has 2 saturated heterocycles. The lowest BCUT2D eigenvalue weighted by Gasteiger charge is -2.35. The van der Waals surface area contributed by atoms with Crippen molar-refractivity contribution in [2.45, 2.75) is 6.92 Å². The predicted octanol–water partition coefficient (Wildman–Crippen LogP) is 1.98. The summed E-state index contributed by atoms with van der Waals surface area (Å²) >= 11 is 0. The minimum Gasteiger partial charge on any atom is -0.492 e. The number of para-hydroxylation sites is 2. The van der Waals surface area contributed by atoms with Crippen molar-refractivity contribution >= 4 is 23.4 Å². The fourth-order valence-corrected chi connectivity index (χ4v) is 3.88. The molecule has 4 rings (SSSR count). The van der Waals surface area contributed by atoms with E-state index in [1.54, 1.807) is 0 Å². The van der Waals surface area contributed by atoms with Gasteiger partial charge < -0.3 is 29.7 Å². The van der Waals surface area contributed by atoms with Crippen molar-refractivity contribution in [2.75, 3.05) is 81.1 Å². The van der Waals surface area contributed by atoms with Gasteiger partial charge in [-0.2, -0.15) is 0 Å². The van der Waals surface area contributed by atoms with E-state index in [0.717, 1.165) is 50.9 Å². The Kier molecular flexibility index (Phi) is 6.71. The molecule has 2 aliphatic heterocycles. The van der Waals surface area contributed by atoms with Crippen LogP contribution in [0.2, 0.25) is 0 Å². The highest BCUT2D eigenvalue weighted by atomic mass is 16.5. The maximum absolute atomic E-state index is 12.7. The second-order valence-electron chi connectivity index (χ2n) is 7.87. The van der Waals surface area contributed by atoms with Crippen LogP contribution in [-0.2, 0) is 0 Å². The first kappa shape index (κ1) is 21.2. The van der Waals surface area contributed by atoms with Gasteiger partial charge in [-0.05, 0) is 38.2 Å². The highest BCUT2D eigenvalue weighted by Gasteiger charge is 2.23. The molecule has 2 aromatic rings. The molecule has 0 radical (unpaired) electrons. The monoisotopic (exact) mass is 425 g/mol. The van der Waals surface area contributed by atoms with E-state index in [0.29, 0.717) is 31.1 Å². The number of likely N-dealkylation sites (N-methyl/N-ethyl adjacent to an activating group) is 1. The number of carbonyl (C=O) groups excluding carboxylic acids is 1. The maximum Gasteiger partial charge on any atom is 0.322 e. The molecule has 9 heteroatoms. The fourth-order valence-electron chi connectivity index (χ4n) is 3.88. The summed E-state index contributed by atoms with van der Waals surface area (Å²) in [5.74, 6) is 2.48. The van der Waals surface area contributed by atoms with Gasteiger partial charge in [-0.1, -0.05) is 12.1 Å². The number of nitrogens with zero attached hydrogens (tertiary/aromatic N) is 6. The van der Waals surface area contributed by atoms with Crippen molar-refractivity contribution in [3.05, 3.63) is 36.4 Å². The molecule has 3 heterocycles. The van der Waals surface area contributed by atoms with Gasteiger partial charge in [0, 0.05) is 52.4 Å². The summed E-state index contributed by atoms with van der Waals surface area (Å²) in [4.78, 5) is 21.3. The standard InChI is InChI=1S/C22H31N7O2/c1-3-31-19-7-5-4-6-18(19)23-22(30)29-16-14-28(15-17-29)21-9-8-20(24-25-21)27-12-10-26(2)11-13-27/h4-9H,3,10-17H2,1-2H3,(H,23,30). The number of piperazine rings is 2. The zero-order valence-electron chi connectivity index (χ0n) is 18.3. The number of benzene rings is 1. The molecule has 2 amide bonds. The van der Waals surface area contributed by atoms with Gasteiger partial charge in [0.1, 0.15) is 5.75 Å². The van der Waals surface area contributed by atoms with Crippen molar-refractivity contribution in [1.82, 2.24) is 20.0 Å². The molecule has 0 atom stereocenters. The second kappa shape index (κ2) is 9.82.